The van der Waals surface area contributed by atoms with Gasteiger partial charge >= 0.3 is 88.7 Å². The number of methoxy groups -OCH3 is 1. The molecule has 45 heavy (non-hydrogen) atoms. The van der Waals surface area contributed by atoms with Crippen LogP contribution in [-0.4, -0.2) is 67.2 Å². The second-order valence-electron chi connectivity index (χ2n) is 7.26. The Bertz CT molecular complexity index is 1370. The monoisotopic (exact) mass is 763 g/mol. The predicted octanol–water partition coefficient (Wildman–Crippen LogP) is -7.56. The van der Waals surface area contributed by atoms with Crippen molar-refractivity contribution in [3.63, 3.8) is 0 Å². The summed E-state index contributed by atoms with van der Waals surface area (Å²) in [6.45, 7) is -0.222. The quantitative estimate of drug-likeness (QED) is 0.0168. The van der Waals surface area contributed by atoms with E-state index in [0.717, 1.165) is 6.07 Å². The zero-order valence-corrected chi connectivity index (χ0v) is 34.2. The summed E-state index contributed by atoms with van der Waals surface area (Å²) in [5, 5.41) is 34.3. The van der Waals surface area contributed by atoms with Crippen LogP contribution in [0.1, 0.15) is 0 Å². The molecule has 0 saturated carbocycles. The van der Waals surface area contributed by atoms with Crippen molar-refractivity contribution in [1.82, 2.24) is 0 Å². The van der Waals surface area contributed by atoms with Crippen molar-refractivity contribution >= 4 is 73.5 Å². The third-order valence-corrected chi connectivity index (χ3v) is 7.93. The molecule has 0 fully saturated rings. The number of ether oxygens (including phenoxy) is 1. The van der Waals surface area contributed by atoms with Crippen LogP contribution in [0.5, 0.6) is 5.75 Å². The third kappa shape index (κ3) is 19.2. The van der Waals surface area contributed by atoms with E-state index in [2.05, 4.69) is 33.2 Å². The van der Waals surface area contributed by atoms with Gasteiger partial charge in [-0.2, -0.15) is 0 Å². The topological polar surface area (TPSA) is 239 Å². The molecule has 0 aliphatic heterocycles. The van der Waals surface area contributed by atoms with E-state index in [4.69, 9.17) is 24.7 Å². The Labute approximate surface area is 339 Å². The molecule has 0 N–H and O–H groups in total. The Hall–Kier alpha value is 1.13. The molecule has 0 heterocycles. The van der Waals surface area contributed by atoms with Gasteiger partial charge in [-0.15, -0.1) is 18.9 Å². The first-order chi connectivity index (χ1) is 20.0. The fourth-order valence-electron chi connectivity index (χ4n) is 2.98. The van der Waals surface area contributed by atoms with E-state index in [1.165, 1.54) is 25.3 Å². The number of rotatable bonds is 21. The minimum Gasteiger partial charge on any atom is -0.726 e. The summed E-state index contributed by atoms with van der Waals surface area (Å²) < 4.78 is 84.2. The summed E-state index contributed by atoms with van der Waals surface area (Å²) in [5.41, 5.74) is 0.789. The Morgan fingerprint density at radius 3 is 1.93 bits per heavy atom. The van der Waals surface area contributed by atoms with E-state index < -0.39 is 32.6 Å². The van der Waals surface area contributed by atoms with Crippen molar-refractivity contribution in [3.8, 4) is 5.75 Å². The summed E-state index contributed by atoms with van der Waals surface area (Å²) in [6, 6.07) is 8.38. The van der Waals surface area contributed by atoms with Crippen molar-refractivity contribution in [2.45, 2.75) is 4.90 Å². The summed E-state index contributed by atoms with van der Waals surface area (Å²) in [4.78, 5) is 1.50. The molecule has 26 heteroatoms. The van der Waals surface area contributed by atoms with Gasteiger partial charge in [0.15, 0.2) is 34.5 Å². The smallest absolute Gasteiger partial charge is 0.726 e. The SMILES string of the molecule is COc1ccc(S(=O)(=O)CCOS(=O)(=O)[O-])cc1N=Nc1ccc(N(CCOSOO[O-])CCOSOO[O-])cc1Cl.[Na+].[Na+].[Na+]. The molecule has 0 amide bonds. The first kappa shape index (κ1) is 48.2. The Kier molecular flexibility index (Phi) is 27.9. The summed E-state index contributed by atoms with van der Waals surface area (Å²) >= 11 is 7.07. The van der Waals surface area contributed by atoms with E-state index in [0.29, 0.717) is 30.3 Å². The van der Waals surface area contributed by atoms with Crippen LogP contribution in [0.3, 0.4) is 0 Å². The Morgan fingerprint density at radius 2 is 1.42 bits per heavy atom. The van der Waals surface area contributed by atoms with Gasteiger partial charge in [0.05, 0.1) is 42.6 Å². The zero-order valence-electron chi connectivity index (χ0n) is 24.2. The van der Waals surface area contributed by atoms with Gasteiger partial charge in [-0.25, -0.2) is 16.8 Å². The molecule has 0 aliphatic rings. The van der Waals surface area contributed by atoms with Crippen molar-refractivity contribution in [2.24, 2.45) is 10.2 Å². The van der Waals surface area contributed by atoms with Gasteiger partial charge in [-0.1, -0.05) is 11.6 Å². The second-order valence-corrected chi connectivity index (χ2v) is 11.8. The van der Waals surface area contributed by atoms with Crippen LogP contribution in [0.25, 0.3) is 0 Å². The summed E-state index contributed by atoms with van der Waals surface area (Å²) in [6.07, 6.45) is 0. The van der Waals surface area contributed by atoms with Gasteiger partial charge in [0.25, 0.3) is 0 Å². The molecule has 0 spiro atoms. The van der Waals surface area contributed by atoms with Crippen LogP contribution in [-0.2, 0) is 51.5 Å². The largest absolute Gasteiger partial charge is 1.00 e. The maximum absolute atomic E-state index is 12.6. The molecule has 0 saturated heterocycles. The molecular weight excluding hydrogens is 743 g/mol. The van der Waals surface area contributed by atoms with Crippen molar-refractivity contribution < 1.29 is 157 Å². The molecule has 0 aliphatic carbocycles. The van der Waals surface area contributed by atoms with Gasteiger partial charge in [-0.3, -0.25) is 22.6 Å². The molecule has 2 aromatic rings. The standard InChI is InChI=1S/C19H24ClN3O15S4.3Na/c1-31-19-5-3-15(41(26,27)11-10-34-42(28,29)30)13-18(19)22-21-17-4-2-14(12-16(17)20)23(6-8-32-39-37-35-24)7-9-33-40-38-36-25;;;/h2-5,12-13,24-25H,6-11H2,1H3,(H,28,29,30);;;/q;3*+1/p-3. The van der Waals surface area contributed by atoms with E-state index in [9.17, 15) is 31.9 Å². The molecular formula is C19H21ClN3Na3O15S4. The molecule has 0 bridgehead atoms. The van der Waals surface area contributed by atoms with E-state index in [1.54, 1.807) is 17.0 Å². The van der Waals surface area contributed by atoms with Crippen LogP contribution in [0, 0.1) is 0 Å². The maximum Gasteiger partial charge on any atom is 1.00 e. The Balaban J connectivity index is 0. The normalized spacial score (nSPS) is 11.4. The van der Waals surface area contributed by atoms with E-state index >= 15 is 0 Å². The number of hydrogen-bond acceptors (Lipinski definition) is 20. The molecule has 2 aromatic carbocycles. The maximum atomic E-state index is 12.6. The number of benzene rings is 2. The first-order valence-electron chi connectivity index (χ1n) is 11.0. The molecule has 0 aromatic heterocycles. The molecule has 0 atom stereocenters. The average molecular weight is 764 g/mol. The second kappa shape index (κ2) is 26.0. The average Bonchev–Trinajstić information content (AvgIpc) is 2.94. The summed E-state index contributed by atoms with van der Waals surface area (Å²) in [5.74, 6) is -0.614. The minimum atomic E-state index is -5.05. The van der Waals surface area contributed by atoms with Crippen LogP contribution in [0.15, 0.2) is 51.5 Å². The van der Waals surface area contributed by atoms with E-state index in [1.807, 2.05) is 0 Å². The predicted molar refractivity (Wildman–Crippen MR) is 140 cm³/mol. The van der Waals surface area contributed by atoms with Gasteiger partial charge in [0.2, 0.25) is 10.4 Å². The number of sulfone groups is 1. The fraction of sp³-hybridized carbons (Fsp3) is 0.368. The van der Waals surface area contributed by atoms with Crippen LogP contribution in [0.2, 0.25) is 5.02 Å². The van der Waals surface area contributed by atoms with Gasteiger partial charge in [0, 0.05) is 18.8 Å². The molecule has 0 radical (unpaired) electrons. The third-order valence-electron chi connectivity index (χ3n) is 4.75. The number of halogens is 1. The van der Waals surface area contributed by atoms with Crippen LogP contribution < -0.4 is 109 Å². The first-order valence-corrected chi connectivity index (χ1v) is 15.7. The van der Waals surface area contributed by atoms with Crippen LogP contribution in [0.4, 0.5) is 17.1 Å². The molecule has 18 nitrogen and oxygen atoms in total. The molecule has 236 valence electrons. The minimum absolute atomic E-state index is 0. The zero-order chi connectivity index (χ0) is 31.0. The number of anilines is 1. The van der Waals surface area contributed by atoms with Crippen molar-refractivity contribution in [2.75, 3.05) is 50.7 Å². The summed E-state index contributed by atoms with van der Waals surface area (Å²) in [7, 11) is -7.79. The van der Waals surface area contributed by atoms with Crippen LogP contribution >= 0.6 is 36.2 Å². The van der Waals surface area contributed by atoms with Crippen molar-refractivity contribution in [3.05, 3.63) is 41.4 Å². The molecule has 0 unspecified atom stereocenters. The number of hydrogen-bond donors (Lipinski definition) is 0. The van der Waals surface area contributed by atoms with Gasteiger partial charge in [-0.05, 0) is 36.4 Å². The van der Waals surface area contributed by atoms with E-state index in [-0.39, 0.29) is 142 Å². The Morgan fingerprint density at radius 1 is 0.844 bits per heavy atom. The fourth-order valence-corrected chi connectivity index (χ4v) is 5.10. The number of azo groups is 1. The van der Waals surface area contributed by atoms with Gasteiger partial charge < -0.3 is 24.7 Å². The van der Waals surface area contributed by atoms with Gasteiger partial charge in [0.1, 0.15) is 17.1 Å². The van der Waals surface area contributed by atoms with Crippen molar-refractivity contribution in [1.29, 1.82) is 0 Å². The molecule has 2 rings (SSSR count). The number of nitrogens with zero attached hydrogens (tertiary/aromatic N) is 3.